The van der Waals surface area contributed by atoms with E-state index in [9.17, 15) is 0 Å². The molecule has 2 aliphatic rings. The SMILES string of the molecule is CN1C=CC(C2(C)CCOC(C)(C)O2)=CC1c1cccc2cc(I)sc12. The fourth-order valence-corrected chi connectivity index (χ4v) is 5.83. The lowest BCUT2D eigenvalue weighted by molar-refractivity contribution is -0.294. The van der Waals surface area contributed by atoms with Crippen molar-refractivity contribution in [3.63, 3.8) is 0 Å². The molecule has 3 nitrogen and oxygen atoms in total. The van der Waals surface area contributed by atoms with E-state index >= 15 is 0 Å². The van der Waals surface area contributed by atoms with Crippen LogP contribution in [0.2, 0.25) is 0 Å². The minimum absolute atomic E-state index is 0.208. The molecule has 1 aromatic heterocycles. The van der Waals surface area contributed by atoms with Crippen LogP contribution in [-0.4, -0.2) is 29.9 Å². The maximum Gasteiger partial charge on any atom is 0.163 e. The second-order valence-corrected chi connectivity index (χ2v) is 10.6. The van der Waals surface area contributed by atoms with Gasteiger partial charge in [-0.3, -0.25) is 0 Å². The van der Waals surface area contributed by atoms with Crippen molar-refractivity contribution in [3.8, 4) is 0 Å². The molecule has 3 heterocycles. The molecule has 2 unspecified atom stereocenters. The minimum atomic E-state index is -0.551. The maximum absolute atomic E-state index is 6.35. The molecular formula is C21H24INO2S. The first-order chi connectivity index (χ1) is 12.3. The van der Waals surface area contributed by atoms with Crippen molar-refractivity contribution in [1.29, 1.82) is 0 Å². The summed E-state index contributed by atoms with van der Waals surface area (Å²) in [5.74, 6) is -0.551. The van der Waals surface area contributed by atoms with E-state index < -0.39 is 5.79 Å². The lowest BCUT2D eigenvalue weighted by Gasteiger charge is -2.45. The van der Waals surface area contributed by atoms with Crippen LogP contribution in [0, 0.1) is 2.88 Å². The minimum Gasteiger partial charge on any atom is -0.370 e. The van der Waals surface area contributed by atoms with E-state index in [1.165, 1.54) is 24.1 Å². The van der Waals surface area contributed by atoms with Gasteiger partial charge < -0.3 is 14.4 Å². The average molecular weight is 481 g/mol. The predicted octanol–water partition coefficient (Wildman–Crippen LogP) is 5.86. The summed E-state index contributed by atoms with van der Waals surface area (Å²) in [6.45, 7) is 6.89. The number of thiophene rings is 1. The first kappa shape index (κ1) is 18.5. The summed E-state index contributed by atoms with van der Waals surface area (Å²) >= 11 is 4.28. The van der Waals surface area contributed by atoms with Crippen molar-refractivity contribution in [3.05, 3.63) is 56.6 Å². The fraction of sp³-hybridized carbons (Fsp3) is 0.429. The molecule has 138 valence electrons. The van der Waals surface area contributed by atoms with Crippen LogP contribution in [0.5, 0.6) is 0 Å². The Kier molecular flexibility index (Phi) is 4.70. The van der Waals surface area contributed by atoms with Crippen molar-refractivity contribution in [1.82, 2.24) is 4.90 Å². The number of hydrogen-bond donors (Lipinski definition) is 0. The zero-order chi connectivity index (χ0) is 18.5. The van der Waals surface area contributed by atoms with E-state index in [0.29, 0.717) is 6.61 Å². The van der Waals surface area contributed by atoms with E-state index in [0.717, 1.165) is 6.42 Å². The van der Waals surface area contributed by atoms with E-state index in [2.05, 4.69) is 84.1 Å². The number of benzene rings is 1. The molecule has 0 aliphatic carbocycles. The molecule has 1 fully saturated rings. The van der Waals surface area contributed by atoms with Crippen molar-refractivity contribution < 1.29 is 9.47 Å². The number of fused-ring (bicyclic) bond motifs is 1. The Balaban J connectivity index is 1.76. The zero-order valence-corrected chi connectivity index (χ0v) is 18.6. The highest BCUT2D eigenvalue weighted by Gasteiger charge is 2.41. The van der Waals surface area contributed by atoms with Crippen LogP contribution < -0.4 is 0 Å². The van der Waals surface area contributed by atoms with E-state index in [-0.39, 0.29) is 11.6 Å². The summed E-state index contributed by atoms with van der Waals surface area (Å²) in [7, 11) is 2.14. The number of ether oxygens (including phenoxy) is 2. The third-order valence-electron chi connectivity index (χ3n) is 5.24. The van der Waals surface area contributed by atoms with Gasteiger partial charge in [-0.15, -0.1) is 11.3 Å². The fourth-order valence-electron chi connectivity index (χ4n) is 3.90. The van der Waals surface area contributed by atoms with Crippen molar-refractivity contribution in [2.45, 2.75) is 44.6 Å². The molecule has 2 aromatic rings. The molecule has 0 bridgehead atoms. The van der Waals surface area contributed by atoms with Crippen LogP contribution in [-0.2, 0) is 9.47 Å². The van der Waals surface area contributed by atoms with Gasteiger partial charge in [0.2, 0.25) is 0 Å². The maximum atomic E-state index is 6.35. The van der Waals surface area contributed by atoms with Gasteiger partial charge in [-0.1, -0.05) is 24.3 Å². The highest BCUT2D eigenvalue weighted by molar-refractivity contribution is 14.1. The summed E-state index contributed by atoms with van der Waals surface area (Å²) in [6.07, 6.45) is 7.59. The molecule has 1 aromatic carbocycles. The Morgan fingerprint density at radius 2 is 2.08 bits per heavy atom. The third-order valence-corrected chi connectivity index (χ3v) is 7.20. The smallest absolute Gasteiger partial charge is 0.163 e. The molecule has 5 heteroatoms. The highest BCUT2D eigenvalue weighted by atomic mass is 127. The Morgan fingerprint density at radius 3 is 2.85 bits per heavy atom. The molecule has 0 radical (unpaired) electrons. The van der Waals surface area contributed by atoms with Crippen LogP contribution in [0.3, 0.4) is 0 Å². The van der Waals surface area contributed by atoms with E-state index in [1.54, 1.807) is 0 Å². The molecule has 0 spiro atoms. The Morgan fingerprint density at radius 1 is 1.27 bits per heavy atom. The number of rotatable bonds is 2. The predicted molar refractivity (Wildman–Crippen MR) is 116 cm³/mol. The van der Waals surface area contributed by atoms with Crippen LogP contribution in [0.25, 0.3) is 10.1 Å². The van der Waals surface area contributed by atoms with Gasteiger partial charge in [0.1, 0.15) is 0 Å². The summed E-state index contributed by atoms with van der Waals surface area (Å²) in [5.41, 5.74) is 2.27. The number of halogens is 1. The van der Waals surface area contributed by atoms with Crippen LogP contribution in [0.15, 0.2) is 48.2 Å². The molecule has 0 saturated carbocycles. The molecule has 4 rings (SSSR count). The first-order valence-electron chi connectivity index (χ1n) is 8.92. The molecule has 0 amide bonds. The van der Waals surface area contributed by atoms with Gasteiger partial charge in [-0.05, 0) is 78.2 Å². The standard InChI is InChI=1S/C21H24INO2S/c1-20(2)24-11-9-21(3,25-20)15-8-10-23(4)17(13-15)16-7-5-6-14-12-18(22)26-19(14)16/h5-8,10,12-13,17H,9,11H2,1-4H3. The largest absolute Gasteiger partial charge is 0.370 e. The summed E-state index contributed by atoms with van der Waals surface area (Å²) in [6, 6.07) is 9.08. The van der Waals surface area contributed by atoms with Crippen molar-refractivity contribution in [2.24, 2.45) is 0 Å². The van der Waals surface area contributed by atoms with Crippen molar-refractivity contribution in [2.75, 3.05) is 13.7 Å². The molecule has 0 N–H and O–H groups in total. The van der Waals surface area contributed by atoms with E-state index in [1.807, 2.05) is 25.2 Å². The summed E-state index contributed by atoms with van der Waals surface area (Å²) in [5, 5.41) is 1.32. The molecule has 2 atom stereocenters. The van der Waals surface area contributed by atoms with Gasteiger partial charge in [0.15, 0.2) is 5.79 Å². The number of nitrogens with zero attached hydrogens (tertiary/aromatic N) is 1. The van der Waals surface area contributed by atoms with Gasteiger partial charge in [0.25, 0.3) is 0 Å². The normalized spacial score (nSPS) is 28.4. The monoisotopic (exact) mass is 481 g/mol. The van der Waals surface area contributed by atoms with Gasteiger partial charge >= 0.3 is 0 Å². The average Bonchev–Trinajstić information content (AvgIpc) is 2.94. The number of hydrogen-bond acceptors (Lipinski definition) is 4. The number of likely N-dealkylation sites (N-methyl/N-ethyl adjacent to an activating group) is 1. The lowest BCUT2D eigenvalue weighted by atomic mass is 9.86. The van der Waals surface area contributed by atoms with Crippen LogP contribution >= 0.6 is 33.9 Å². The zero-order valence-electron chi connectivity index (χ0n) is 15.6. The lowest BCUT2D eigenvalue weighted by Crippen LogP contribution is -2.48. The second kappa shape index (κ2) is 6.62. The quantitative estimate of drug-likeness (QED) is 0.502. The van der Waals surface area contributed by atoms with Crippen molar-refractivity contribution >= 4 is 44.0 Å². The molecular weight excluding hydrogens is 457 g/mol. The van der Waals surface area contributed by atoms with Gasteiger partial charge in [-0.25, -0.2) is 0 Å². The summed E-state index contributed by atoms with van der Waals surface area (Å²) < 4.78 is 14.8. The van der Waals surface area contributed by atoms with Crippen LogP contribution in [0.4, 0.5) is 0 Å². The van der Waals surface area contributed by atoms with Crippen LogP contribution in [0.1, 0.15) is 38.8 Å². The topological polar surface area (TPSA) is 21.7 Å². The molecule has 1 saturated heterocycles. The third kappa shape index (κ3) is 3.35. The first-order valence-corrected chi connectivity index (χ1v) is 10.8. The Bertz CT molecular complexity index is 901. The Labute approximate surface area is 172 Å². The molecule has 26 heavy (non-hydrogen) atoms. The van der Waals surface area contributed by atoms with Gasteiger partial charge in [0, 0.05) is 18.2 Å². The van der Waals surface area contributed by atoms with Gasteiger partial charge in [-0.2, -0.15) is 0 Å². The second-order valence-electron chi connectivity index (χ2n) is 7.70. The molecule has 2 aliphatic heterocycles. The van der Waals surface area contributed by atoms with E-state index in [4.69, 9.17) is 9.47 Å². The Hall–Kier alpha value is -0.890. The van der Waals surface area contributed by atoms with Gasteiger partial charge in [0.05, 0.1) is 21.1 Å². The highest BCUT2D eigenvalue weighted by Crippen LogP contribution is 2.42. The summed E-state index contributed by atoms with van der Waals surface area (Å²) in [4.78, 5) is 2.28.